The Morgan fingerprint density at radius 2 is 1.84 bits per heavy atom. The number of hydrogen-bond acceptors (Lipinski definition) is 5. The van der Waals surface area contributed by atoms with Crippen molar-refractivity contribution in [2.45, 2.75) is 31.2 Å². The average molecular weight is 521 g/mol. The van der Waals surface area contributed by atoms with E-state index in [0.29, 0.717) is 47.5 Å². The molecular formula is C27H23ClF2N6O. The summed E-state index contributed by atoms with van der Waals surface area (Å²) in [7, 11) is 0. The molecule has 5 aromatic rings. The van der Waals surface area contributed by atoms with Crippen LogP contribution in [0.3, 0.4) is 0 Å². The lowest BCUT2D eigenvalue weighted by atomic mass is 10.1. The molecule has 0 radical (unpaired) electrons. The topological polar surface area (TPSA) is 81.5 Å². The van der Waals surface area contributed by atoms with Crippen LogP contribution in [0.2, 0.25) is 0 Å². The first-order valence-corrected chi connectivity index (χ1v) is 12.5. The van der Waals surface area contributed by atoms with Crippen LogP contribution in [-0.4, -0.2) is 42.2 Å². The van der Waals surface area contributed by atoms with Crippen molar-refractivity contribution in [3.63, 3.8) is 0 Å². The maximum Gasteiger partial charge on any atom is 0.204 e. The van der Waals surface area contributed by atoms with E-state index in [1.165, 1.54) is 6.07 Å². The van der Waals surface area contributed by atoms with Crippen molar-refractivity contribution < 1.29 is 13.5 Å². The van der Waals surface area contributed by atoms with Crippen LogP contribution in [0, 0.1) is 17.6 Å². The average Bonchev–Trinajstić information content (AvgIpc) is 3.66. The maximum atomic E-state index is 14.3. The van der Waals surface area contributed by atoms with E-state index in [0.717, 1.165) is 42.0 Å². The normalized spacial score (nSPS) is 17.5. The Hall–Kier alpha value is -3.85. The van der Waals surface area contributed by atoms with Gasteiger partial charge in [0.1, 0.15) is 11.6 Å². The highest BCUT2D eigenvalue weighted by molar-refractivity contribution is 6.20. The first-order valence-electron chi connectivity index (χ1n) is 12.1. The van der Waals surface area contributed by atoms with Crippen molar-refractivity contribution in [3.05, 3.63) is 77.9 Å². The SMILES string of the molecule is Fc1cc2nc(-c3ccccc3OCC3CCC(Cl)C3)n(Cc3ccc(-c4nn[nH]n4)cc3)c2cc1F. The second-order valence-corrected chi connectivity index (χ2v) is 9.91. The molecule has 10 heteroatoms. The van der Waals surface area contributed by atoms with Crippen LogP contribution < -0.4 is 4.74 Å². The summed E-state index contributed by atoms with van der Waals surface area (Å²) in [5.74, 6) is 0.274. The van der Waals surface area contributed by atoms with Crippen LogP contribution in [-0.2, 0) is 6.54 Å². The summed E-state index contributed by atoms with van der Waals surface area (Å²) in [6.45, 7) is 0.940. The minimum absolute atomic E-state index is 0.198. The van der Waals surface area contributed by atoms with Crippen LogP contribution in [0.5, 0.6) is 5.75 Å². The Morgan fingerprint density at radius 3 is 2.59 bits per heavy atom. The molecule has 0 spiro atoms. The molecule has 0 bridgehead atoms. The number of hydrogen-bond donors (Lipinski definition) is 1. The van der Waals surface area contributed by atoms with Crippen LogP contribution in [0.25, 0.3) is 33.8 Å². The molecule has 3 aromatic carbocycles. The Kier molecular flexibility index (Phi) is 6.30. The van der Waals surface area contributed by atoms with Gasteiger partial charge in [0.15, 0.2) is 11.6 Å². The monoisotopic (exact) mass is 520 g/mol. The predicted molar refractivity (Wildman–Crippen MR) is 136 cm³/mol. The van der Waals surface area contributed by atoms with E-state index >= 15 is 0 Å². The van der Waals surface area contributed by atoms with Gasteiger partial charge in [-0.2, -0.15) is 5.21 Å². The van der Waals surface area contributed by atoms with Crippen molar-refractivity contribution in [2.75, 3.05) is 6.61 Å². The standard InChI is InChI=1S/C27H23ClF2N6O/c28-19-10-7-17(11-19)15-37-25-4-2-1-3-20(25)27-31-23-12-21(29)22(30)13-24(23)36(27)14-16-5-8-18(9-6-16)26-32-34-35-33-26/h1-6,8-9,12-13,17,19H,7,10-11,14-15H2,(H,32,33,34,35). The Bertz CT molecular complexity index is 1540. The van der Waals surface area contributed by atoms with Gasteiger partial charge in [0.05, 0.1) is 23.2 Å². The zero-order valence-electron chi connectivity index (χ0n) is 19.7. The second kappa shape index (κ2) is 9.89. The molecule has 0 amide bonds. The van der Waals surface area contributed by atoms with Gasteiger partial charge in [0, 0.05) is 29.6 Å². The van der Waals surface area contributed by atoms with Gasteiger partial charge in [-0.15, -0.1) is 21.8 Å². The molecule has 1 aliphatic rings. The molecule has 7 nitrogen and oxygen atoms in total. The minimum Gasteiger partial charge on any atom is -0.493 e. The third-order valence-corrected chi connectivity index (χ3v) is 7.16. The third kappa shape index (κ3) is 4.79. The van der Waals surface area contributed by atoms with E-state index in [9.17, 15) is 8.78 Å². The van der Waals surface area contributed by atoms with E-state index < -0.39 is 11.6 Å². The van der Waals surface area contributed by atoms with E-state index in [1.807, 2.05) is 53.1 Å². The van der Waals surface area contributed by atoms with Gasteiger partial charge in [-0.25, -0.2) is 13.8 Å². The van der Waals surface area contributed by atoms with Crippen LogP contribution >= 0.6 is 11.6 Å². The smallest absolute Gasteiger partial charge is 0.204 e. The third-order valence-electron chi connectivity index (χ3n) is 6.77. The van der Waals surface area contributed by atoms with Gasteiger partial charge in [0.25, 0.3) is 0 Å². The number of aromatic amines is 1. The van der Waals surface area contributed by atoms with Crippen molar-refractivity contribution in [1.82, 2.24) is 30.2 Å². The van der Waals surface area contributed by atoms with Gasteiger partial charge in [-0.3, -0.25) is 0 Å². The predicted octanol–water partition coefficient (Wildman–Crippen LogP) is 6.00. The molecule has 0 saturated heterocycles. The fourth-order valence-corrected chi connectivity index (χ4v) is 5.24. The van der Waals surface area contributed by atoms with Gasteiger partial charge < -0.3 is 9.30 Å². The van der Waals surface area contributed by atoms with Gasteiger partial charge in [-0.1, -0.05) is 36.4 Å². The molecule has 1 saturated carbocycles. The summed E-state index contributed by atoms with van der Waals surface area (Å²) in [5, 5.41) is 14.2. The molecule has 2 unspecified atom stereocenters. The number of fused-ring (bicyclic) bond motifs is 1. The Balaban J connectivity index is 1.38. The molecule has 1 aliphatic carbocycles. The quantitative estimate of drug-likeness (QED) is 0.266. The van der Waals surface area contributed by atoms with E-state index in [2.05, 4.69) is 20.6 Å². The summed E-state index contributed by atoms with van der Waals surface area (Å²) in [6.07, 6.45) is 2.96. The number of para-hydroxylation sites is 1. The highest BCUT2D eigenvalue weighted by atomic mass is 35.5. The van der Waals surface area contributed by atoms with E-state index in [1.54, 1.807) is 0 Å². The molecule has 1 fully saturated rings. The van der Waals surface area contributed by atoms with E-state index in [-0.39, 0.29) is 5.38 Å². The molecule has 2 aromatic heterocycles. The number of benzene rings is 3. The van der Waals surface area contributed by atoms with Crippen LogP contribution in [0.1, 0.15) is 24.8 Å². The number of tetrazole rings is 1. The number of nitrogens with one attached hydrogen (secondary N) is 1. The van der Waals surface area contributed by atoms with Gasteiger partial charge in [-0.05, 0) is 48.1 Å². The lowest BCUT2D eigenvalue weighted by Gasteiger charge is -2.16. The summed E-state index contributed by atoms with van der Waals surface area (Å²) >= 11 is 6.28. The second-order valence-electron chi connectivity index (χ2n) is 9.29. The molecule has 188 valence electrons. The molecular weight excluding hydrogens is 498 g/mol. The molecule has 2 heterocycles. The molecule has 1 N–H and O–H groups in total. The maximum absolute atomic E-state index is 14.3. The largest absolute Gasteiger partial charge is 0.493 e. The van der Waals surface area contributed by atoms with Crippen molar-refractivity contribution in [1.29, 1.82) is 0 Å². The first-order chi connectivity index (χ1) is 18.0. The fraction of sp³-hybridized carbons (Fsp3) is 0.259. The zero-order valence-corrected chi connectivity index (χ0v) is 20.5. The van der Waals surface area contributed by atoms with Crippen molar-refractivity contribution in [3.8, 4) is 28.5 Å². The van der Waals surface area contributed by atoms with E-state index in [4.69, 9.17) is 21.3 Å². The number of alkyl halides is 1. The Morgan fingerprint density at radius 1 is 1.03 bits per heavy atom. The fourth-order valence-electron chi connectivity index (χ4n) is 4.86. The summed E-state index contributed by atoms with van der Waals surface area (Å²) in [6, 6.07) is 17.6. The summed E-state index contributed by atoms with van der Waals surface area (Å²) in [5.41, 5.74) is 3.36. The number of ether oxygens (including phenoxy) is 1. The lowest BCUT2D eigenvalue weighted by molar-refractivity contribution is 0.253. The minimum atomic E-state index is -0.936. The number of nitrogens with zero attached hydrogens (tertiary/aromatic N) is 5. The first kappa shape index (κ1) is 23.5. The highest BCUT2D eigenvalue weighted by Gasteiger charge is 2.24. The molecule has 0 aliphatic heterocycles. The van der Waals surface area contributed by atoms with Crippen molar-refractivity contribution >= 4 is 22.6 Å². The molecule has 6 rings (SSSR count). The number of aromatic nitrogens is 6. The number of imidazole rings is 1. The lowest BCUT2D eigenvalue weighted by Crippen LogP contribution is -2.10. The molecule has 2 atom stereocenters. The van der Waals surface area contributed by atoms with Gasteiger partial charge in [0.2, 0.25) is 5.82 Å². The van der Waals surface area contributed by atoms with Crippen molar-refractivity contribution in [2.24, 2.45) is 5.92 Å². The summed E-state index contributed by atoms with van der Waals surface area (Å²) in [4.78, 5) is 4.71. The number of rotatable bonds is 7. The van der Waals surface area contributed by atoms with Gasteiger partial charge >= 0.3 is 0 Å². The summed E-state index contributed by atoms with van der Waals surface area (Å²) < 4.78 is 36.6. The van der Waals surface area contributed by atoms with Crippen LogP contribution in [0.15, 0.2) is 60.7 Å². The number of halogens is 3. The number of H-pyrrole nitrogens is 1. The zero-order chi connectivity index (χ0) is 25.4. The van der Waals surface area contributed by atoms with Crippen LogP contribution in [0.4, 0.5) is 8.78 Å². The molecule has 37 heavy (non-hydrogen) atoms. The Labute approximate surface area is 216 Å². The highest BCUT2D eigenvalue weighted by Crippen LogP contribution is 2.35.